The van der Waals surface area contributed by atoms with Gasteiger partial charge in [0.25, 0.3) is 0 Å². The molecule has 0 heterocycles. The molecule has 2 atom stereocenters. The average Bonchev–Trinajstić information content (AvgIpc) is 2.56. The molecule has 3 nitrogen and oxygen atoms in total. The SMILES string of the molecule is NCC1CC(C23CC4CC(CC(C4)C2)C3)Cc2c1ccc(O)c2O. The fourth-order valence-electron chi connectivity index (χ4n) is 7.40. The molecule has 4 bridgehead atoms. The summed E-state index contributed by atoms with van der Waals surface area (Å²) in [5.74, 6) is 3.94. The second-order valence-corrected chi connectivity index (χ2v) is 9.35. The fraction of sp³-hybridized carbons (Fsp3) is 0.714. The molecule has 5 aliphatic rings. The van der Waals surface area contributed by atoms with Crippen molar-refractivity contribution < 1.29 is 10.2 Å². The smallest absolute Gasteiger partial charge is 0.160 e. The zero-order valence-corrected chi connectivity index (χ0v) is 14.4. The first-order valence-electron chi connectivity index (χ1n) is 9.81. The number of hydrogen-bond acceptors (Lipinski definition) is 3. The third kappa shape index (κ3) is 2.06. The second kappa shape index (κ2) is 5.14. The molecule has 0 saturated heterocycles. The van der Waals surface area contributed by atoms with E-state index in [1.165, 1.54) is 50.5 Å². The summed E-state index contributed by atoms with van der Waals surface area (Å²) in [4.78, 5) is 0. The number of rotatable bonds is 2. The highest BCUT2D eigenvalue weighted by Gasteiger charge is 2.54. The molecule has 0 radical (unpaired) electrons. The van der Waals surface area contributed by atoms with Crippen LogP contribution in [0.1, 0.15) is 62.0 Å². The monoisotopic (exact) mass is 327 g/mol. The van der Waals surface area contributed by atoms with Crippen molar-refractivity contribution in [3.63, 3.8) is 0 Å². The third-order valence-corrected chi connectivity index (χ3v) is 7.99. The molecule has 4 fully saturated rings. The topological polar surface area (TPSA) is 66.5 Å². The molecular formula is C21H29NO2. The Morgan fingerprint density at radius 2 is 1.58 bits per heavy atom. The molecule has 4 saturated carbocycles. The number of hydrogen-bond donors (Lipinski definition) is 3. The first kappa shape index (κ1) is 15.1. The van der Waals surface area contributed by atoms with Crippen LogP contribution in [0.2, 0.25) is 0 Å². The molecular weight excluding hydrogens is 298 g/mol. The lowest BCUT2D eigenvalue weighted by Crippen LogP contribution is -2.51. The quantitative estimate of drug-likeness (QED) is 0.721. The second-order valence-electron chi connectivity index (χ2n) is 9.35. The molecule has 1 aromatic rings. The highest BCUT2D eigenvalue weighted by Crippen LogP contribution is 2.65. The summed E-state index contributed by atoms with van der Waals surface area (Å²) in [5.41, 5.74) is 8.76. The summed E-state index contributed by atoms with van der Waals surface area (Å²) < 4.78 is 0. The fourth-order valence-corrected chi connectivity index (χ4v) is 7.40. The van der Waals surface area contributed by atoms with Gasteiger partial charge in [-0.05, 0) is 105 Å². The molecule has 6 rings (SSSR count). The van der Waals surface area contributed by atoms with E-state index in [0.29, 0.717) is 23.8 Å². The first-order valence-corrected chi connectivity index (χ1v) is 9.81. The van der Waals surface area contributed by atoms with Crippen LogP contribution in [0.5, 0.6) is 11.5 Å². The summed E-state index contributed by atoms with van der Waals surface area (Å²) >= 11 is 0. The van der Waals surface area contributed by atoms with Gasteiger partial charge in [-0.3, -0.25) is 0 Å². The van der Waals surface area contributed by atoms with E-state index in [1.54, 1.807) is 6.07 Å². The van der Waals surface area contributed by atoms with Crippen molar-refractivity contribution in [1.82, 2.24) is 0 Å². The molecule has 1 aromatic carbocycles. The van der Waals surface area contributed by atoms with Crippen molar-refractivity contribution >= 4 is 0 Å². The van der Waals surface area contributed by atoms with Gasteiger partial charge in [0.15, 0.2) is 11.5 Å². The van der Waals surface area contributed by atoms with Crippen molar-refractivity contribution in [3.05, 3.63) is 23.3 Å². The van der Waals surface area contributed by atoms with Crippen LogP contribution in [0.4, 0.5) is 0 Å². The Morgan fingerprint density at radius 1 is 0.958 bits per heavy atom. The maximum absolute atomic E-state index is 10.5. The Balaban J connectivity index is 1.53. The van der Waals surface area contributed by atoms with E-state index >= 15 is 0 Å². The van der Waals surface area contributed by atoms with Crippen LogP contribution in [0, 0.1) is 29.1 Å². The van der Waals surface area contributed by atoms with Crippen molar-refractivity contribution in [3.8, 4) is 11.5 Å². The van der Waals surface area contributed by atoms with Crippen LogP contribution in [0.25, 0.3) is 0 Å². The zero-order valence-electron chi connectivity index (χ0n) is 14.4. The minimum Gasteiger partial charge on any atom is -0.504 e. The molecule has 3 heteroatoms. The van der Waals surface area contributed by atoms with Gasteiger partial charge in [0.1, 0.15) is 0 Å². The maximum atomic E-state index is 10.5. The van der Waals surface area contributed by atoms with Crippen LogP contribution in [0.15, 0.2) is 12.1 Å². The zero-order chi connectivity index (χ0) is 16.5. The van der Waals surface area contributed by atoms with E-state index < -0.39 is 0 Å². The van der Waals surface area contributed by atoms with Gasteiger partial charge in [-0.1, -0.05) is 6.07 Å². The Hall–Kier alpha value is -1.22. The number of fused-ring (bicyclic) bond motifs is 1. The predicted octanol–water partition coefficient (Wildman–Crippen LogP) is 3.92. The van der Waals surface area contributed by atoms with Crippen molar-refractivity contribution in [2.75, 3.05) is 6.54 Å². The number of phenolic OH excluding ortho intramolecular Hbond substituents is 2. The third-order valence-electron chi connectivity index (χ3n) is 7.99. The molecule has 0 aliphatic heterocycles. The van der Waals surface area contributed by atoms with E-state index in [9.17, 15) is 10.2 Å². The van der Waals surface area contributed by atoms with Gasteiger partial charge in [0.05, 0.1) is 0 Å². The van der Waals surface area contributed by atoms with E-state index in [0.717, 1.165) is 29.7 Å². The van der Waals surface area contributed by atoms with Crippen LogP contribution in [-0.2, 0) is 6.42 Å². The highest BCUT2D eigenvalue weighted by molar-refractivity contribution is 5.51. The maximum Gasteiger partial charge on any atom is 0.160 e. The molecule has 2 unspecified atom stereocenters. The van der Waals surface area contributed by atoms with Crippen LogP contribution in [-0.4, -0.2) is 16.8 Å². The number of phenols is 2. The molecule has 0 spiro atoms. The van der Waals surface area contributed by atoms with Crippen LogP contribution >= 0.6 is 0 Å². The number of benzene rings is 1. The van der Waals surface area contributed by atoms with E-state index in [1.807, 2.05) is 6.07 Å². The van der Waals surface area contributed by atoms with Gasteiger partial charge in [-0.15, -0.1) is 0 Å². The standard InChI is InChI=1S/C21H29NO2/c22-11-15-6-16(7-18-17(15)1-2-19(23)20(18)24)21-8-12-3-13(9-21)5-14(4-12)10-21/h1-2,12-16,23-24H,3-11,22H2. The summed E-state index contributed by atoms with van der Waals surface area (Å²) in [7, 11) is 0. The Kier molecular flexibility index (Phi) is 3.23. The highest BCUT2D eigenvalue weighted by atomic mass is 16.3. The van der Waals surface area contributed by atoms with Gasteiger partial charge in [0.2, 0.25) is 0 Å². The number of nitrogens with two attached hydrogens (primary N) is 1. The van der Waals surface area contributed by atoms with E-state index in [2.05, 4.69) is 0 Å². The lowest BCUT2D eigenvalue weighted by molar-refractivity contribution is -0.0918. The minimum atomic E-state index is 0.0238. The van der Waals surface area contributed by atoms with Gasteiger partial charge >= 0.3 is 0 Å². The molecule has 5 aliphatic carbocycles. The summed E-state index contributed by atoms with van der Waals surface area (Å²) in [6, 6.07) is 3.61. The Labute approximate surface area is 144 Å². The summed E-state index contributed by atoms with van der Waals surface area (Å²) in [5, 5.41) is 20.4. The van der Waals surface area contributed by atoms with Crippen molar-refractivity contribution in [2.24, 2.45) is 34.8 Å². The first-order chi connectivity index (χ1) is 11.6. The van der Waals surface area contributed by atoms with Gasteiger partial charge in [0, 0.05) is 5.56 Å². The average molecular weight is 327 g/mol. The van der Waals surface area contributed by atoms with Crippen LogP contribution < -0.4 is 5.73 Å². The van der Waals surface area contributed by atoms with Gasteiger partial charge < -0.3 is 15.9 Å². The predicted molar refractivity (Wildman–Crippen MR) is 94.0 cm³/mol. The van der Waals surface area contributed by atoms with Gasteiger partial charge in [-0.25, -0.2) is 0 Å². The van der Waals surface area contributed by atoms with Gasteiger partial charge in [-0.2, -0.15) is 0 Å². The normalized spacial score (nSPS) is 43.0. The Bertz CT molecular complexity index is 633. The lowest BCUT2D eigenvalue weighted by Gasteiger charge is -2.60. The molecule has 24 heavy (non-hydrogen) atoms. The summed E-state index contributed by atoms with van der Waals surface area (Å²) in [6.45, 7) is 0.639. The lowest BCUT2D eigenvalue weighted by atomic mass is 9.45. The molecule has 0 aromatic heterocycles. The molecule has 4 N–H and O–H groups in total. The Morgan fingerprint density at radius 3 is 2.17 bits per heavy atom. The van der Waals surface area contributed by atoms with Crippen molar-refractivity contribution in [1.29, 1.82) is 0 Å². The van der Waals surface area contributed by atoms with E-state index in [4.69, 9.17) is 5.73 Å². The largest absolute Gasteiger partial charge is 0.504 e. The molecule has 0 amide bonds. The van der Waals surface area contributed by atoms with Crippen molar-refractivity contribution in [2.45, 2.75) is 57.3 Å². The molecule has 130 valence electrons. The minimum absolute atomic E-state index is 0.0238. The van der Waals surface area contributed by atoms with E-state index in [-0.39, 0.29) is 11.5 Å². The number of aromatic hydroxyl groups is 2. The van der Waals surface area contributed by atoms with Crippen LogP contribution in [0.3, 0.4) is 0 Å². The summed E-state index contributed by atoms with van der Waals surface area (Å²) in [6.07, 6.45) is 10.7.